The summed E-state index contributed by atoms with van der Waals surface area (Å²) in [6, 6.07) is 4.71. The molecule has 6 nitrogen and oxygen atoms in total. The van der Waals surface area contributed by atoms with Gasteiger partial charge in [0, 0.05) is 17.9 Å². The predicted octanol–water partition coefficient (Wildman–Crippen LogP) is 1.98. The molecule has 0 aromatic heterocycles. The Morgan fingerprint density at radius 1 is 1.35 bits per heavy atom. The second kappa shape index (κ2) is 5.96. The molecule has 0 saturated carbocycles. The van der Waals surface area contributed by atoms with Crippen molar-refractivity contribution in [1.29, 1.82) is 0 Å². The lowest BCUT2D eigenvalue weighted by molar-refractivity contribution is -0.112. The molecule has 0 radical (unpaired) electrons. The highest BCUT2D eigenvalue weighted by Gasteiger charge is 2.37. The number of carbonyl (C=O) groups is 3. The van der Waals surface area contributed by atoms with Crippen LogP contribution in [0, 0.1) is 0 Å². The molecule has 1 N–H and O–H groups in total. The van der Waals surface area contributed by atoms with Crippen LogP contribution in [-0.4, -0.2) is 41.9 Å². The summed E-state index contributed by atoms with van der Waals surface area (Å²) in [6.45, 7) is 6.11. The van der Waals surface area contributed by atoms with Crippen molar-refractivity contribution in [2.75, 3.05) is 18.5 Å². The normalized spacial score (nSPS) is 19.9. The van der Waals surface area contributed by atoms with E-state index in [1.54, 1.807) is 19.1 Å². The maximum atomic E-state index is 12.5. The fourth-order valence-electron chi connectivity index (χ4n) is 2.76. The van der Waals surface area contributed by atoms with E-state index in [1.165, 1.54) is 11.0 Å². The summed E-state index contributed by atoms with van der Waals surface area (Å²) in [5, 5.41) is 2.65. The maximum absolute atomic E-state index is 12.5. The summed E-state index contributed by atoms with van der Waals surface area (Å²) in [4.78, 5) is 37.8. The van der Waals surface area contributed by atoms with Gasteiger partial charge >= 0.3 is 0 Å². The summed E-state index contributed by atoms with van der Waals surface area (Å²) >= 11 is 0. The fourth-order valence-corrected chi connectivity index (χ4v) is 2.76. The van der Waals surface area contributed by atoms with E-state index in [0.29, 0.717) is 29.0 Å². The minimum Gasteiger partial charge on any atom is -0.376 e. The molecule has 120 valence electrons. The number of fused-ring (bicyclic) bond motifs is 1. The van der Waals surface area contributed by atoms with Crippen LogP contribution in [0.2, 0.25) is 0 Å². The molecule has 6 heteroatoms. The first-order valence-electron chi connectivity index (χ1n) is 7.56. The molecular weight excluding hydrogens is 296 g/mol. The highest BCUT2D eigenvalue weighted by atomic mass is 16.5. The lowest BCUT2D eigenvalue weighted by Gasteiger charge is -2.17. The minimum absolute atomic E-state index is 0.0835. The third-order valence-electron chi connectivity index (χ3n) is 4.03. The second-order valence-corrected chi connectivity index (χ2v) is 5.85. The van der Waals surface area contributed by atoms with Crippen LogP contribution in [0.5, 0.6) is 0 Å². The quantitative estimate of drug-likeness (QED) is 0.681. The van der Waals surface area contributed by atoms with Crippen LogP contribution in [0.4, 0.5) is 5.69 Å². The van der Waals surface area contributed by atoms with Crippen LogP contribution in [0.3, 0.4) is 0 Å². The van der Waals surface area contributed by atoms with E-state index < -0.39 is 0 Å². The van der Waals surface area contributed by atoms with Crippen LogP contribution in [0.25, 0.3) is 0 Å². The molecule has 2 heterocycles. The number of ether oxygens (including phenoxy) is 1. The molecule has 3 amide bonds. The lowest BCUT2D eigenvalue weighted by atomic mass is 10.1. The Hall–Kier alpha value is -2.47. The van der Waals surface area contributed by atoms with E-state index in [4.69, 9.17) is 4.74 Å². The third-order valence-corrected chi connectivity index (χ3v) is 4.03. The van der Waals surface area contributed by atoms with Crippen molar-refractivity contribution >= 4 is 23.4 Å². The van der Waals surface area contributed by atoms with Gasteiger partial charge in [-0.15, -0.1) is 0 Å². The zero-order valence-electron chi connectivity index (χ0n) is 12.9. The van der Waals surface area contributed by atoms with Gasteiger partial charge in [-0.05, 0) is 38.0 Å². The van der Waals surface area contributed by atoms with E-state index in [9.17, 15) is 14.4 Å². The van der Waals surface area contributed by atoms with Crippen molar-refractivity contribution in [2.24, 2.45) is 0 Å². The SMILES string of the molecule is C=C(C)C(=O)Nc1ccc2c(c1)C(=O)N(CC1CCCO1)C2=O. The van der Waals surface area contributed by atoms with Crippen LogP contribution in [0.15, 0.2) is 30.4 Å². The van der Waals surface area contributed by atoms with Gasteiger partial charge in [-0.2, -0.15) is 0 Å². The van der Waals surface area contributed by atoms with Gasteiger partial charge in [0.1, 0.15) is 0 Å². The van der Waals surface area contributed by atoms with Gasteiger partial charge in [0.15, 0.2) is 0 Å². The fraction of sp³-hybridized carbons (Fsp3) is 0.353. The topological polar surface area (TPSA) is 75.7 Å². The minimum atomic E-state index is -0.341. The zero-order chi connectivity index (χ0) is 16.6. The first-order valence-corrected chi connectivity index (χ1v) is 7.56. The van der Waals surface area contributed by atoms with E-state index in [1.807, 2.05) is 0 Å². The standard InChI is InChI=1S/C17H18N2O4/c1-10(2)15(20)18-11-5-6-13-14(8-11)17(22)19(16(13)21)9-12-4-3-7-23-12/h5-6,8,12H,1,3-4,7,9H2,2H3,(H,18,20). The van der Waals surface area contributed by atoms with Crippen molar-refractivity contribution in [3.8, 4) is 0 Å². The molecule has 23 heavy (non-hydrogen) atoms. The molecule has 0 aliphatic carbocycles. The number of rotatable bonds is 4. The molecule has 1 saturated heterocycles. The molecule has 1 fully saturated rings. The molecule has 3 rings (SSSR count). The number of nitrogens with zero attached hydrogens (tertiary/aromatic N) is 1. The molecule has 0 spiro atoms. The number of carbonyl (C=O) groups excluding carboxylic acids is 3. The van der Waals surface area contributed by atoms with Gasteiger partial charge < -0.3 is 10.1 Å². The summed E-state index contributed by atoms with van der Waals surface area (Å²) in [7, 11) is 0. The average Bonchev–Trinajstić information content (AvgIpc) is 3.11. The molecule has 1 aromatic rings. The van der Waals surface area contributed by atoms with Gasteiger partial charge in [-0.25, -0.2) is 0 Å². The number of imide groups is 1. The highest BCUT2D eigenvalue weighted by Crippen LogP contribution is 2.27. The molecule has 2 aliphatic heterocycles. The van der Waals surface area contributed by atoms with Crippen molar-refractivity contribution in [3.63, 3.8) is 0 Å². The number of hydrogen-bond donors (Lipinski definition) is 1. The van der Waals surface area contributed by atoms with Crippen LogP contribution < -0.4 is 5.32 Å². The average molecular weight is 314 g/mol. The zero-order valence-corrected chi connectivity index (χ0v) is 12.9. The van der Waals surface area contributed by atoms with Crippen molar-refractivity contribution in [1.82, 2.24) is 4.90 Å². The first kappa shape index (κ1) is 15.4. The monoisotopic (exact) mass is 314 g/mol. The van der Waals surface area contributed by atoms with E-state index in [-0.39, 0.29) is 30.4 Å². The summed E-state index contributed by atoms with van der Waals surface area (Å²) in [5.74, 6) is -0.969. The van der Waals surface area contributed by atoms with Crippen molar-refractivity contribution in [2.45, 2.75) is 25.9 Å². The summed E-state index contributed by atoms with van der Waals surface area (Å²) in [5.41, 5.74) is 1.51. The Labute approximate surface area is 134 Å². The molecule has 0 bridgehead atoms. The Morgan fingerprint density at radius 2 is 2.09 bits per heavy atom. The molecule has 1 unspecified atom stereocenters. The summed E-state index contributed by atoms with van der Waals surface area (Å²) < 4.78 is 5.50. The van der Waals surface area contributed by atoms with E-state index >= 15 is 0 Å². The number of anilines is 1. The molecule has 1 aromatic carbocycles. The maximum Gasteiger partial charge on any atom is 0.261 e. The van der Waals surface area contributed by atoms with Gasteiger partial charge in [0.25, 0.3) is 17.7 Å². The van der Waals surface area contributed by atoms with Crippen molar-refractivity contribution < 1.29 is 19.1 Å². The van der Waals surface area contributed by atoms with Gasteiger partial charge in [0.05, 0.1) is 23.8 Å². The number of hydrogen-bond acceptors (Lipinski definition) is 4. The van der Waals surface area contributed by atoms with Crippen molar-refractivity contribution in [3.05, 3.63) is 41.5 Å². The van der Waals surface area contributed by atoms with Crippen LogP contribution >= 0.6 is 0 Å². The van der Waals surface area contributed by atoms with Crippen LogP contribution in [-0.2, 0) is 9.53 Å². The molecular formula is C17H18N2O4. The van der Waals surface area contributed by atoms with Gasteiger partial charge in [-0.1, -0.05) is 6.58 Å². The Balaban J connectivity index is 1.80. The predicted molar refractivity (Wildman–Crippen MR) is 84.2 cm³/mol. The summed E-state index contributed by atoms with van der Waals surface area (Å²) in [6.07, 6.45) is 1.72. The molecule has 2 aliphatic rings. The Morgan fingerprint density at radius 3 is 2.74 bits per heavy atom. The largest absolute Gasteiger partial charge is 0.376 e. The molecule has 1 atom stereocenters. The highest BCUT2D eigenvalue weighted by molar-refractivity contribution is 6.22. The Kier molecular flexibility index (Phi) is 4.00. The number of nitrogens with one attached hydrogen (secondary N) is 1. The second-order valence-electron chi connectivity index (χ2n) is 5.85. The van der Waals surface area contributed by atoms with Gasteiger partial charge in [0.2, 0.25) is 0 Å². The third kappa shape index (κ3) is 2.90. The van der Waals surface area contributed by atoms with E-state index in [0.717, 1.165) is 12.8 Å². The van der Waals surface area contributed by atoms with Gasteiger partial charge in [-0.3, -0.25) is 19.3 Å². The number of amides is 3. The number of benzene rings is 1. The Bertz CT molecular complexity index is 705. The van der Waals surface area contributed by atoms with E-state index in [2.05, 4.69) is 11.9 Å². The lowest BCUT2D eigenvalue weighted by Crippen LogP contribution is -2.36. The smallest absolute Gasteiger partial charge is 0.261 e. The first-order chi connectivity index (χ1) is 11.0. The van der Waals surface area contributed by atoms with Crippen LogP contribution in [0.1, 0.15) is 40.5 Å².